The first-order valence-corrected chi connectivity index (χ1v) is 7.33. The lowest BCUT2D eigenvalue weighted by molar-refractivity contribution is -0.137. The molecular formula is C16H17F4N3O4. The number of amidine groups is 1. The van der Waals surface area contributed by atoms with Crippen LogP contribution in [-0.2, 0) is 9.53 Å². The van der Waals surface area contributed by atoms with E-state index in [4.69, 9.17) is 16.2 Å². The number of hydrogen-bond acceptors (Lipinski definition) is 6. The summed E-state index contributed by atoms with van der Waals surface area (Å²) in [6.07, 6.45) is -4.63. The van der Waals surface area contributed by atoms with Gasteiger partial charge in [-0.05, 0) is 19.1 Å². The Bertz CT molecular complexity index is 784. The van der Waals surface area contributed by atoms with Gasteiger partial charge in [-0.3, -0.25) is 9.79 Å². The molecule has 7 nitrogen and oxygen atoms in total. The molecule has 1 aromatic rings. The number of esters is 1. The number of benzene rings is 1. The van der Waals surface area contributed by atoms with Crippen molar-refractivity contribution in [2.45, 2.75) is 13.1 Å². The maximum absolute atomic E-state index is 13.8. The average molecular weight is 391 g/mol. The van der Waals surface area contributed by atoms with Crippen LogP contribution >= 0.6 is 0 Å². The predicted molar refractivity (Wildman–Crippen MR) is 87.7 cm³/mol. The van der Waals surface area contributed by atoms with Crippen LogP contribution in [0.4, 0.5) is 17.6 Å². The number of halogens is 4. The largest absolute Gasteiger partial charge is 0.497 e. The van der Waals surface area contributed by atoms with E-state index in [9.17, 15) is 27.2 Å². The first-order chi connectivity index (χ1) is 12.5. The van der Waals surface area contributed by atoms with Crippen molar-refractivity contribution in [3.05, 3.63) is 40.8 Å². The highest BCUT2D eigenvalue weighted by Crippen LogP contribution is 2.17. The van der Waals surface area contributed by atoms with E-state index < -0.39 is 48.3 Å². The SMILES string of the molecule is COc1ccc(C(=O)COC(=O)C(C(N)=NCC(F)(F)F)=C(C)N)c(F)c1. The number of allylic oxidation sites excluding steroid dienone is 1. The molecule has 0 amide bonds. The summed E-state index contributed by atoms with van der Waals surface area (Å²) in [6, 6.07) is 3.43. The van der Waals surface area contributed by atoms with E-state index in [2.05, 4.69) is 9.73 Å². The van der Waals surface area contributed by atoms with E-state index in [1.165, 1.54) is 20.1 Å². The van der Waals surface area contributed by atoms with E-state index in [0.717, 1.165) is 12.1 Å². The molecule has 0 unspecified atom stereocenters. The molecule has 0 aliphatic carbocycles. The minimum atomic E-state index is -4.63. The van der Waals surface area contributed by atoms with Crippen molar-refractivity contribution in [2.75, 3.05) is 20.3 Å². The second-order valence-corrected chi connectivity index (χ2v) is 5.22. The molecule has 0 spiro atoms. The molecule has 0 fully saturated rings. The van der Waals surface area contributed by atoms with E-state index in [1.54, 1.807) is 0 Å². The van der Waals surface area contributed by atoms with Crippen LogP contribution in [0.2, 0.25) is 0 Å². The van der Waals surface area contributed by atoms with Gasteiger partial charge in [0.05, 0.1) is 12.7 Å². The van der Waals surface area contributed by atoms with Crippen molar-refractivity contribution in [1.29, 1.82) is 0 Å². The Kier molecular flexibility index (Phi) is 7.32. The highest BCUT2D eigenvalue weighted by Gasteiger charge is 2.28. The lowest BCUT2D eigenvalue weighted by Crippen LogP contribution is -2.29. The normalized spacial score (nSPS) is 13.0. The van der Waals surface area contributed by atoms with Crippen molar-refractivity contribution < 1.29 is 36.6 Å². The quantitative estimate of drug-likeness (QED) is 0.183. The molecule has 4 N–H and O–H groups in total. The Morgan fingerprint density at radius 1 is 1.22 bits per heavy atom. The summed E-state index contributed by atoms with van der Waals surface area (Å²) in [5, 5.41) is 0. The van der Waals surface area contributed by atoms with Gasteiger partial charge in [0.2, 0.25) is 5.78 Å². The topological polar surface area (TPSA) is 117 Å². The Morgan fingerprint density at radius 3 is 2.33 bits per heavy atom. The zero-order valence-corrected chi connectivity index (χ0v) is 14.4. The summed E-state index contributed by atoms with van der Waals surface area (Å²) in [5.41, 5.74) is 9.55. The van der Waals surface area contributed by atoms with Crippen molar-refractivity contribution >= 4 is 17.6 Å². The number of nitrogens with zero attached hydrogens (tertiary/aromatic N) is 1. The number of aliphatic imine (C=N–C) groups is 1. The van der Waals surface area contributed by atoms with Crippen LogP contribution in [0.25, 0.3) is 0 Å². The second kappa shape index (κ2) is 9.01. The fraction of sp³-hybridized carbons (Fsp3) is 0.312. The number of carbonyl (C=O) groups excluding carboxylic acids is 2. The third kappa shape index (κ3) is 6.60. The molecule has 0 aliphatic rings. The van der Waals surface area contributed by atoms with Crippen LogP contribution in [0, 0.1) is 5.82 Å². The highest BCUT2D eigenvalue weighted by atomic mass is 19.4. The zero-order chi connectivity index (χ0) is 20.8. The Morgan fingerprint density at radius 2 is 1.85 bits per heavy atom. The molecule has 0 saturated carbocycles. The molecule has 0 atom stereocenters. The van der Waals surface area contributed by atoms with Gasteiger partial charge in [0, 0.05) is 11.8 Å². The molecule has 0 bridgehead atoms. The molecule has 27 heavy (non-hydrogen) atoms. The smallest absolute Gasteiger partial charge is 0.408 e. The third-order valence-electron chi connectivity index (χ3n) is 3.09. The van der Waals surface area contributed by atoms with Gasteiger partial charge in [-0.1, -0.05) is 0 Å². The van der Waals surface area contributed by atoms with Gasteiger partial charge < -0.3 is 20.9 Å². The van der Waals surface area contributed by atoms with Crippen LogP contribution in [-0.4, -0.2) is 44.0 Å². The van der Waals surface area contributed by atoms with Gasteiger partial charge in [-0.2, -0.15) is 13.2 Å². The minimum absolute atomic E-state index is 0.179. The standard InChI is InChI=1S/C16H17F4N3O4/c1-8(21)13(14(22)23-7-16(18,19)20)15(25)27-6-12(24)10-4-3-9(26-2)5-11(10)17/h3-5H,6-7,21H2,1-2H3,(H2,22,23). The van der Waals surface area contributed by atoms with E-state index in [1.807, 2.05) is 0 Å². The fourth-order valence-corrected chi connectivity index (χ4v) is 1.85. The number of rotatable bonds is 7. The molecule has 148 valence electrons. The number of nitrogens with two attached hydrogens (primary N) is 2. The van der Waals surface area contributed by atoms with Gasteiger partial charge >= 0.3 is 12.1 Å². The van der Waals surface area contributed by atoms with Gasteiger partial charge in [-0.25, -0.2) is 9.18 Å². The minimum Gasteiger partial charge on any atom is -0.497 e. The maximum atomic E-state index is 13.8. The van der Waals surface area contributed by atoms with Gasteiger partial charge in [0.1, 0.15) is 29.5 Å². The van der Waals surface area contributed by atoms with Crippen LogP contribution in [0.5, 0.6) is 5.75 Å². The molecular weight excluding hydrogens is 374 g/mol. The number of ether oxygens (including phenoxy) is 2. The Labute approximate surface area is 151 Å². The monoisotopic (exact) mass is 391 g/mol. The lowest BCUT2D eigenvalue weighted by atomic mass is 10.1. The van der Waals surface area contributed by atoms with Crippen molar-refractivity contribution in [2.24, 2.45) is 16.5 Å². The molecule has 1 rings (SSSR count). The van der Waals surface area contributed by atoms with Crippen LogP contribution in [0.15, 0.2) is 34.5 Å². The molecule has 0 saturated heterocycles. The van der Waals surface area contributed by atoms with Gasteiger partial charge in [0.25, 0.3) is 0 Å². The fourth-order valence-electron chi connectivity index (χ4n) is 1.85. The summed E-state index contributed by atoms with van der Waals surface area (Å²) in [6.45, 7) is -1.32. The predicted octanol–water partition coefficient (Wildman–Crippen LogP) is 1.71. The summed E-state index contributed by atoms with van der Waals surface area (Å²) < 4.78 is 59.9. The average Bonchev–Trinajstić information content (AvgIpc) is 2.56. The van der Waals surface area contributed by atoms with E-state index in [-0.39, 0.29) is 17.0 Å². The lowest BCUT2D eigenvalue weighted by Gasteiger charge is -2.11. The highest BCUT2D eigenvalue weighted by molar-refractivity contribution is 6.19. The van der Waals surface area contributed by atoms with Crippen LogP contribution in [0.3, 0.4) is 0 Å². The summed E-state index contributed by atoms with van der Waals surface area (Å²) in [4.78, 5) is 27.0. The molecule has 0 aromatic heterocycles. The van der Waals surface area contributed by atoms with Crippen molar-refractivity contribution in [3.63, 3.8) is 0 Å². The number of alkyl halides is 3. The Hall–Kier alpha value is -3.11. The maximum Gasteiger partial charge on any atom is 0.408 e. The summed E-state index contributed by atoms with van der Waals surface area (Å²) >= 11 is 0. The number of hydrogen-bond donors (Lipinski definition) is 2. The number of ketones is 1. The van der Waals surface area contributed by atoms with E-state index in [0.29, 0.717) is 0 Å². The summed E-state index contributed by atoms with van der Waals surface area (Å²) in [7, 11) is 1.31. The van der Waals surface area contributed by atoms with Crippen LogP contribution < -0.4 is 16.2 Å². The number of carbonyl (C=O) groups is 2. The second-order valence-electron chi connectivity index (χ2n) is 5.22. The first kappa shape index (κ1) is 21.9. The number of Topliss-reactive ketones (excluding diaryl/α,β-unsaturated/α-hetero) is 1. The third-order valence-corrected chi connectivity index (χ3v) is 3.09. The van der Waals surface area contributed by atoms with Gasteiger partial charge in [-0.15, -0.1) is 0 Å². The first-order valence-electron chi connectivity index (χ1n) is 7.33. The number of methoxy groups -OCH3 is 1. The van der Waals surface area contributed by atoms with Gasteiger partial charge in [0.15, 0.2) is 6.61 Å². The molecule has 0 radical (unpaired) electrons. The summed E-state index contributed by atoms with van der Waals surface area (Å²) in [5.74, 6) is -3.66. The van der Waals surface area contributed by atoms with Crippen LogP contribution in [0.1, 0.15) is 17.3 Å². The molecule has 0 heterocycles. The van der Waals surface area contributed by atoms with E-state index >= 15 is 0 Å². The molecule has 1 aromatic carbocycles. The van der Waals surface area contributed by atoms with Crippen molar-refractivity contribution in [3.8, 4) is 5.75 Å². The molecule has 0 aliphatic heterocycles. The zero-order valence-electron chi connectivity index (χ0n) is 14.4. The van der Waals surface area contributed by atoms with Crippen molar-refractivity contribution in [1.82, 2.24) is 0 Å². The Balaban J connectivity index is 2.87. The molecule has 11 heteroatoms.